The number of nitrogens with zero attached hydrogens (tertiary/aromatic N) is 2. The van der Waals surface area contributed by atoms with E-state index in [4.69, 9.17) is 5.26 Å². The van der Waals surface area contributed by atoms with Crippen molar-refractivity contribution in [3.05, 3.63) is 29.6 Å². The van der Waals surface area contributed by atoms with Crippen molar-refractivity contribution in [1.29, 1.82) is 5.26 Å². The van der Waals surface area contributed by atoms with Gasteiger partial charge in [-0.2, -0.15) is 5.26 Å². The Hall–Kier alpha value is -1.82. The molecule has 0 radical (unpaired) electrons. The zero-order chi connectivity index (χ0) is 11.8. The molecule has 3 nitrogen and oxygen atoms in total. The summed E-state index contributed by atoms with van der Waals surface area (Å²) in [5.41, 5.74) is 2.75. The third-order valence-electron chi connectivity index (χ3n) is 2.36. The van der Waals surface area contributed by atoms with Gasteiger partial charge >= 0.3 is 0 Å². The molecule has 0 unspecified atom stereocenters. The molecule has 0 saturated carbocycles. The molecule has 0 bridgehead atoms. The molecule has 0 atom stereocenters. The Balaban J connectivity index is 2.41. The van der Waals surface area contributed by atoms with Gasteiger partial charge in [-0.15, -0.1) is 0 Å². The number of benzene rings is 1. The summed E-state index contributed by atoms with van der Waals surface area (Å²) in [5.74, 6) is 0.984. The lowest BCUT2D eigenvalue weighted by Gasteiger charge is -2.15. The molecule has 0 spiro atoms. The van der Waals surface area contributed by atoms with Gasteiger partial charge in [-0.25, -0.2) is 4.98 Å². The second-order valence-electron chi connectivity index (χ2n) is 5.26. The van der Waals surface area contributed by atoms with E-state index in [-0.39, 0.29) is 5.41 Å². The molecule has 0 aliphatic heterocycles. The summed E-state index contributed by atoms with van der Waals surface area (Å²) in [5, 5.41) is 8.81. The minimum atomic E-state index is 0.214. The average Bonchev–Trinajstić information content (AvgIpc) is 2.55. The van der Waals surface area contributed by atoms with Gasteiger partial charge in [0.1, 0.15) is 5.82 Å². The van der Waals surface area contributed by atoms with Crippen molar-refractivity contribution >= 4 is 11.0 Å². The number of nitriles is 1. The van der Waals surface area contributed by atoms with Crippen molar-refractivity contribution in [2.75, 3.05) is 0 Å². The van der Waals surface area contributed by atoms with Gasteiger partial charge in [-0.3, -0.25) is 0 Å². The third-order valence-corrected chi connectivity index (χ3v) is 2.36. The lowest BCUT2D eigenvalue weighted by molar-refractivity contribution is 0.402. The average molecular weight is 213 g/mol. The number of H-pyrrole nitrogens is 1. The molecule has 16 heavy (non-hydrogen) atoms. The van der Waals surface area contributed by atoms with Crippen molar-refractivity contribution in [1.82, 2.24) is 9.97 Å². The van der Waals surface area contributed by atoms with Crippen LogP contribution in [0.5, 0.6) is 0 Å². The molecule has 0 aliphatic carbocycles. The number of nitrogens with one attached hydrogen (secondary N) is 1. The zero-order valence-corrected chi connectivity index (χ0v) is 9.83. The topological polar surface area (TPSA) is 52.5 Å². The van der Waals surface area contributed by atoms with Crippen LogP contribution in [-0.2, 0) is 6.42 Å². The fraction of sp³-hybridized carbons (Fsp3) is 0.385. The molecule has 1 aromatic heterocycles. The number of aromatic nitrogens is 2. The lowest BCUT2D eigenvalue weighted by atomic mass is 9.92. The van der Waals surface area contributed by atoms with E-state index in [2.05, 4.69) is 36.8 Å². The molecule has 1 N–H and O–H groups in total. The predicted molar refractivity (Wildman–Crippen MR) is 64.0 cm³/mol. The van der Waals surface area contributed by atoms with Crippen molar-refractivity contribution in [3.63, 3.8) is 0 Å². The van der Waals surface area contributed by atoms with Crippen LogP contribution in [0.2, 0.25) is 0 Å². The highest BCUT2D eigenvalue weighted by molar-refractivity contribution is 5.76. The Bertz CT molecular complexity index is 553. The van der Waals surface area contributed by atoms with Crippen molar-refractivity contribution < 1.29 is 0 Å². The van der Waals surface area contributed by atoms with Crippen LogP contribution in [0.3, 0.4) is 0 Å². The number of aromatic amines is 1. The van der Waals surface area contributed by atoms with E-state index >= 15 is 0 Å². The zero-order valence-electron chi connectivity index (χ0n) is 9.83. The van der Waals surface area contributed by atoms with Crippen LogP contribution in [0.4, 0.5) is 0 Å². The quantitative estimate of drug-likeness (QED) is 0.791. The second kappa shape index (κ2) is 3.64. The Morgan fingerprint density at radius 2 is 2.12 bits per heavy atom. The van der Waals surface area contributed by atoms with E-state index in [1.807, 2.05) is 12.1 Å². The van der Waals surface area contributed by atoms with E-state index in [1.54, 1.807) is 6.07 Å². The Morgan fingerprint density at radius 1 is 1.38 bits per heavy atom. The minimum Gasteiger partial charge on any atom is -0.342 e. The molecule has 1 heterocycles. The maximum atomic E-state index is 8.81. The Labute approximate surface area is 95.1 Å². The third kappa shape index (κ3) is 2.22. The molecule has 3 heteroatoms. The second-order valence-corrected chi connectivity index (χ2v) is 5.26. The van der Waals surface area contributed by atoms with E-state index < -0.39 is 0 Å². The first-order valence-corrected chi connectivity index (χ1v) is 5.37. The van der Waals surface area contributed by atoms with Crippen LogP contribution in [0.15, 0.2) is 18.2 Å². The van der Waals surface area contributed by atoms with Crippen molar-refractivity contribution in [2.45, 2.75) is 27.2 Å². The SMILES string of the molecule is CC(C)(C)Cc1nc2ccc(C#N)cc2[nH]1. The first-order chi connectivity index (χ1) is 7.48. The summed E-state index contributed by atoms with van der Waals surface area (Å²) >= 11 is 0. The maximum absolute atomic E-state index is 8.81. The molecule has 0 fully saturated rings. The van der Waals surface area contributed by atoms with Gasteiger partial charge < -0.3 is 4.98 Å². The van der Waals surface area contributed by atoms with Gasteiger partial charge in [0.15, 0.2) is 0 Å². The van der Waals surface area contributed by atoms with Crippen LogP contribution >= 0.6 is 0 Å². The maximum Gasteiger partial charge on any atom is 0.107 e. The van der Waals surface area contributed by atoms with Gasteiger partial charge in [-0.05, 0) is 23.6 Å². The summed E-state index contributed by atoms with van der Waals surface area (Å²) in [4.78, 5) is 7.77. The van der Waals surface area contributed by atoms with Gasteiger partial charge in [0, 0.05) is 6.42 Å². The Morgan fingerprint density at radius 3 is 2.75 bits per heavy atom. The number of hydrogen-bond acceptors (Lipinski definition) is 2. The first-order valence-electron chi connectivity index (χ1n) is 5.37. The largest absolute Gasteiger partial charge is 0.342 e. The molecule has 82 valence electrons. The van der Waals surface area contributed by atoms with Crippen molar-refractivity contribution in [3.8, 4) is 6.07 Å². The van der Waals surface area contributed by atoms with Gasteiger partial charge in [0.25, 0.3) is 0 Å². The van der Waals surface area contributed by atoms with E-state index in [0.29, 0.717) is 5.56 Å². The smallest absolute Gasteiger partial charge is 0.107 e. The Kier molecular flexibility index (Phi) is 2.43. The number of fused-ring (bicyclic) bond motifs is 1. The highest BCUT2D eigenvalue weighted by Crippen LogP contribution is 2.21. The molecular weight excluding hydrogens is 198 g/mol. The summed E-state index contributed by atoms with van der Waals surface area (Å²) < 4.78 is 0. The summed E-state index contributed by atoms with van der Waals surface area (Å²) in [6, 6.07) is 7.65. The first kappa shape index (κ1) is 10.7. The summed E-state index contributed by atoms with van der Waals surface area (Å²) in [6.07, 6.45) is 0.906. The van der Waals surface area contributed by atoms with E-state index in [1.165, 1.54) is 0 Å². The highest BCUT2D eigenvalue weighted by Gasteiger charge is 2.14. The highest BCUT2D eigenvalue weighted by atomic mass is 14.9. The number of imidazole rings is 1. The number of hydrogen-bond donors (Lipinski definition) is 1. The van der Waals surface area contributed by atoms with Crippen LogP contribution in [0, 0.1) is 16.7 Å². The van der Waals surface area contributed by atoms with Crippen LogP contribution in [0.25, 0.3) is 11.0 Å². The normalized spacial score (nSPS) is 11.6. The van der Waals surface area contributed by atoms with Gasteiger partial charge in [0.2, 0.25) is 0 Å². The molecule has 0 saturated heterocycles. The molecule has 0 aliphatic rings. The fourth-order valence-corrected chi connectivity index (χ4v) is 1.72. The lowest BCUT2D eigenvalue weighted by Crippen LogP contribution is -2.10. The predicted octanol–water partition coefficient (Wildman–Crippen LogP) is 3.02. The van der Waals surface area contributed by atoms with Crippen LogP contribution < -0.4 is 0 Å². The number of rotatable bonds is 1. The van der Waals surface area contributed by atoms with E-state index in [9.17, 15) is 0 Å². The molecule has 0 amide bonds. The fourth-order valence-electron chi connectivity index (χ4n) is 1.72. The monoisotopic (exact) mass is 213 g/mol. The summed E-state index contributed by atoms with van der Waals surface area (Å²) in [6.45, 7) is 6.54. The molecular formula is C13H15N3. The molecule has 2 aromatic rings. The minimum absolute atomic E-state index is 0.214. The van der Waals surface area contributed by atoms with Gasteiger partial charge in [-0.1, -0.05) is 20.8 Å². The van der Waals surface area contributed by atoms with Crippen LogP contribution in [0.1, 0.15) is 32.2 Å². The van der Waals surface area contributed by atoms with Gasteiger partial charge in [0.05, 0.1) is 22.7 Å². The van der Waals surface area contributed by atoms with Crippen LogP contribution in [-0.4, -0.2) is 9.97 Å². The standard InChI is InChI=1S/C13H15N3/c1-13(2,3)7-12-15-10-5-4-9(8-14)6-11(10)16-12/h4-6H,7H2,1-3H3,(H,15,16). The molecule has 1 aromatic carbocycles. The van der Waals surface area contributed by atoms with E-state index in [0.717, 1.165) is 23.3 Å². The molecule has 2 rings (SSSR count). The summed E-state index contributed by atoms with van der Waals surface area (Å²) in [7, 11) is 0. The van der Waals surface area contributed by atoms with Crippen molar-refractivity contribution in [2.24, 2.45) is 5.41 Å².